The largest absolute Gasteiger partial charge is 0.370 e. The molecule has 0 aromatic rings. The van der Waals surface area contributed by atoms with Crippen LogP contribution in [0.2, 0.25) is 0 Å². The molecule has 4 saturated carbocycles. The molecule has 1 nitrogen and oxygen atoms in total. The minimum Gasteiger partial charge on any atom is -0.370 e. The van der Waals surface area contributed by atoms with Crippen molar-refractivity contribution in [2.45, 2.75) is 70.3 Å². The predicted octanol–water partition coefficient (Wildman–Crippen LogP) is 4.96. The van der Waals surface area contributed by atoms with Gasteiger partial charge in [0.15, 0.2) is 0 Å². The summed E-state index contributed by atoms with van der Waals surface area (Å²) < 4.78 is 5.81. The van der Waals surface area contributed by atoms with Crippen LogP contribution in [0.5, 0.6) is 0 Å². The average Bonchev–Trinajstić information content (AvgIpc) is 3.16. The standard InChI is InChI=1S/C20H30O/c1-13-3-6-18-17-5-4-14-11-20(12-21-20)10-8-15(14)16(17)7-9-19(13,18)2/h14-18H,1,3-12H2,2H3/t14-,15-,16+,17+,18-,19+,20?/m0/s1. The number of hydrogen-bond acceptors (Lipinski definition) is 1. The van der Waals surface area contributed by atoms with E-state index in [1.807, 2.05) is 0 Å². The zero-order valence-corrected chi connectivity index (χ0v) is 13.6. The van der Waals surface area contributed by atoms with Crippen LogP contribution in [0.4, 0.5) is 0 Å². The van der Waals surface area contributed by atoms with Crippen molar-refractivity contribution in [2.24, 2.45) is 35.0 Å². The minimum absolute atomic E-state index is 0.374. The number of fused-ring (bicyclic) bond motifs is 5. The van der Waals surface area contributed by atoms with Gasteiger partial charge in [0.25, 0.3) is 0 Å². The van der Waals surface area contributed by atoms with Crippen molar-refractivity contribution in [3.8, 4) is 0 Å². The van der Waals surface area contributed by atoms with E-state index in [2.05, 4.69) is 13.5 Å². The van der Waals surface area contributed by atoms with E-state index >= 15 is 0 Å². The smallest absolute Gasteiger partial charge is 0.0919 e. The van der Waals surface area contributed by atoms with Gasteiger partial charge in [0.2, 0.25) is 0 Å². The van der Waals surface area contributed by atoms with E-state index in [0.717, 1.165) is 36.2 Å². The molecule has 21 heavy (non-hydrogen) atoms. The first-order valence-corrected chi connectivity index (χ1v) is 9.44. The SMILES string of the molecule is C=C1CC[C@H]2[C@@H]3CC[C@H]4CC5(CC[C@@H]4[C@H]3CC[C@]12C)CO5. The third-order valence-electron chi connectivity index (χ3n) is 8.59. The predicted molar refractivity (Wildman–Crippen MR) is 84.9 cm³/mol. The topological polar surface area (TPSA) is 12.5 Å². The summed E-state index contributed by atoms with van der Waals surface area (Å²) in [4.78, 5) is 0. The van der Waals surface area contributed by atoms with Crippen molar-refractivity contribution in [3.05, 3.63) is 12.2 Å². The second-order valence-corrected chi connectivity index (χ2v) is 9.25. The molecule has 1 unspecified atom stereocenters. The van der Waals surface area contributed by atoms with Crippen LogP contribution in [0.25, 0.3) is 0 Å². The van der Waals surface area contributed by atoms with Crippen LogP contribution < -0.4 is 0 Å². The molecule has 1 aliphatic heterocycles. The van der Waals surface area contributed by atoms with Gasteiger partial charge in [0.1, 0.15) is 0 Å². The molecule has 7 atom stereocenters. The molecule has 5 rings (SSSR count). The fraction of sp³-hybridized carbons (Fsp3) is 0.900. The van der Waals surface area contributed by atoms with E-state index < -0.39 is 0 Å². The number of hydrogen-bond donors (Lipinski definition) is 0. The van der Waals surface area contributed by atoms with Gasteiger partial charge in [-0.05, 0) is 92.8 Å². The maximum atomic E-state index is 5.81. The van der Waals surface area contributed by atoms with Crippen LogP contribution in [0.15, 0.2) is 12.2 Å². The summed E-state index contributed by atoms with van der Waals surface area (Å²) in [7, 11) is 0. The first-order valence-electron chi connectivity index (χ1n) is 9.44. The summed E-state index contributed by atoms with van der Waals surface area (Å²) in [5.74, 6) is 5.08. The summed E-state index contributed by atoms with van der Waals surface area (Å²) in [6.07, 6.45) is 12.9. The second-order valence-electron chi connectivity index (χ2n) is 9.25. The molecule has 0 radical (unpaired) electrons. The molecule has 1 spiro atoms. The Morgan fingerprint density at radius 1 is 1.00 bits per heavy atom. The quantitative estimate of drug-likeness (QED) is 0.453. The summed E-state index contributed by atoms with van der Waals surface area (Å²) >= 11 is 0. The third-order valence-corrected chi connectivity index (χ3v) is 8.59. The molecule has 0 aromatic carbocycles. The Labute approximate surface area is 129 Å². The van der Waals surface area contributed by atoms with Gasteiger partial charge in [-0.25, -0.2) is 0 Å². The van der Waals surface area contributed by atoms with Crippen molar-refractivity contribution in [3.63, 3.8) is 0 Å². The van der Waals surface area contributed by atoms with Gasteiger partial charge in [0.05, 0.1) is 12.2 Å². The van der Waals surface area contributed by atoms with Gasteiger partial charge < -0.3 is 4.74 Å². The van der Waals surface area contributed by atoms with Crippen molar-refractivity contribution in [1.82, 2.24) is 0 Å². The fourth-order valence-corrected chi connectivity index (χ4v) is 7.22. The molecule has 0 N–H and O–H groups in total. The zero-order valence-electron chi connectivity index (χ0n) is 13.6. The van der Waals surface area contributed by atoms with E-state index in [1.165, 1.54) is 57.8 Å². The molecule has 116 valence electrons. The highest BCUT2D eigenvalue weighted by molar-refractivity contribution is 5.20. The Morgan fingerprint density at radius 3 is 2.62 bits per heavy atom. The summed E-state index contributed by atoms with van der Waals surface area (Å²) in [6.45, 7) is 8.06. The maximum Gasteiger partial charge on any atom is 0.0919 e. The molecule has 4 aliphatic carbocycles. The number of rotatable bonds is 0. The van der Waals surface area contributed by atoms with Crippen LogP contribution in [0.1, 0.15) is 64.7 Å². The van der Waals surface area contributed by atoms with Gasteiger partial charge in [-0.2, -0.15) is 0 Å². The number of epoxide rings is 1. The molecule has 0 amide bonds. The highest BCUT2D eigenvalue weighted by atomic mass is 16.6. The lowest BCUT2D eigenvalue weighted by atomic mass is 9.50. The van der Waals surface area contributed by atoms with E-state index in [1.54, 1.807) is 5.57 Å². The molecule has 5 aliphatic rings. The first kappa shape index (κ1) is 13.2. The lowest BCUT2D eigenvalue weighted by Gasteiger charge is -2.55. The van der Waals surface area contributed by atoms with Crippen LogP contribution in [-0.4, -0.2) is 12.2 Å². The molecule has 1 heterocycles. The molecular weight excluding hydrogens is 256 g/mol. The Bertz CT molecular complexity index is 476. The Balaban J connectivity index is 1.40. The third kappa shape index (κ3) is 1.73. The van der Waals surface area contributed by atoms with Crippen molar-refractivity contribution >= 4 is 0 Å². The van der Waals surface area contributed by atoms with Crippen LogP contribution in [0.3, 0.4) is 0 Å². The normalized spacial score (nSPS) is 58.5. The molecule has 5 fully saturated rings. The van der Waals surface area contributed by atoms with E-state index in [9.17, 15) is 0 Å². The van der Waals surface area contributed by atoms with Gasteiger partial charge in [-0.3, -0.25) is 0 Å². The van der Waals surface area contributed by atoms with Gasteiger partial charge in [0, 0.05) is 0 Å². The number of allylic oxidation sites excluding steroid dienone is 1. The molecule has 0 bridgehead atoms. The first-order chi connectivity index (χ1) is 10.1. The minimum atomic E-state index is 0.374. The van der Waals surface area contributed by atoms with Crippen LogP contribution in [0, 0.1) is 35.0 Å². The highest BCUT2D eigenvalue weighted by Gasteiger charge is 2.58. The monoisotopic (exact) mass is 286 g/mol. The maximum absolute atomic E-state index is 5.81. The average molecular weight is 286 g/mol. The van der Waals surface area contributed by atoms with Gasteiger partial charge >= 0.3 is 0 Å². The fourth-order valence-electron chi connectivity index (χ4n) is 7.22. The molecule has 1 saturated heterocycles. The van der Waals surface area contributed by atoms with E-state index in [0.29, 0.717) is 11.0 Å². The lowest BCUT2D eigenvalue weighted by Crippen LogP contribution is -2.48. The summed E-state index contributed by atoms with van der Waals surface area (Å²) in [6, 6.07) is 0. The Morgan fingerprint density at radius 2 is 1.81 bits per heavy atom. The summed E-state index contributed by atoms with van der Waals surface area (Å²) in [5, 5.41) is 0. The van der Waals surface area contributed by atoms with E-state index in [4.69, 9.17) is 4.74 Å². The molecular formula is C20H30O. The van der Waals surface area contributed by atoms with Crippen LogP contribution in [-0.2, 0) is 4.74 Å². The Hall–Kier alpha value is -0.300. The highest BCUT2D eigenvalue weighted by Crippen LogP contribution is 2.64. The van der Waals surface area contributed by atoms with Gasteiger partial charge in [-0.1, -0.05) is 19.1 Å². The molecule has 1 heteroatoms. The van der Waals surface area contributed by atoms with Gasteiger partial charge in [-0.15, -0.1) is 0 Å². The number of ether oxygens (including phenoxy) is 1. The van der Waals surface area contributed by atoms with Crippen LogP contribution >= 0.6 is 0 Å². The Kier molecular flexibility index (Phi) is 2.61. The van der Waals surface area contributed by atoms with Crippen molar-refractivity contribution in [1.29, 1.82) is 0 Å². The van der Waals surface area contributed by atoms with E-state index in [-0.39, 0.29) is 0 Å². The lowest BCUT2D eigenvalue weighted by molar-refractivity contribution is -0.0517. The molecule has 0 aromatic heterocycles. The second kappa shape index (κ2) is 4.16. The summed E-state index contributed by atoms with van der Waals surface area (Å²) in [5.41, 5.74) is 2.46. The van der Waals surface area contributed by atoms with Crippen molar-refractivity contribution < 1.29 is 4.74 Å². The van der Waals surface area contributed by atoms with Crippen molar-refractivity contribution in [2.75, 3.05) is 6.61 Å². The zero-order chi connectivity index (χ0) is 14.2.